The minimum Gasteiger partial charge on any atom is -0.396 e. The molecule has 106 valence electrons. The number of nitrogens with zero attached hydrogens (tertiary/aromatic N) is 1. The normalized spacial score (nSPS) is 10.5. The molecule has 0 bridgehead atoms. The van der Waals surface area contributed by atoms with Gasteiger partial charge in [-0.1, -0.05) is 11.8 Å². The maximum atomic E-state index is 8.72. The van der Waals surface area contributed by atoms with Gasteiger partial charge in [-0.2, -0.15) is 0 Å². The molecular formula is C15H23NO2S. The van der Waals surface area contributed by atoms with Crippen LogP contribution in [0.2, 0.25) is 0 Å². The van der Waals surface area contributed by atoms with E-state index in [2.05, 4.69) is 29.9 Å². The first-order chi connectivity index (χ1) is 9.26. The van der Waals surface area contributed by atoms with Gasteiger partial charge in [-0.25, -0.2) is 0 Å². The van der Waals surface area contributed by atoms with E-state index < -0.39 is 0 Å². The fraction of sp³-hybridized carbons (Fsp3) is 0.600. The van der Waals surface area contributed by atoms with Crippen molar-refractivity contribution in [3.8, 4) is 11.8 Å². The SMILES string of the molecule is CN(CCCCCO)Cc1ccc(C#CCCO)s1. The lowest BCUT2D eigenvalue weighted by molar-refractivity contribution is 0.271. The van der Waals surface area contributed by atoms with Crippen LogP contribution in [0, 0.1) is 11.8 Å². The molecular weight excluding hydrogens is 258 g/mol. The molecule has 0 spiro atoms. The molecule has 0 aliphatic heterocycles. The van der Waals surface area contributed by atoms with Gasteiger partial charge in [-0.15, -0.1) is 11.3 Å². The molecule has 3 nitrogen and oxygen atoms in total. The monoisotopic (exact) mass is 281 g/mol. The van der Waals surface area contributed by atoms with Gasteiger partial charge < -0.3 is 15.1 Å². The van der Waals surface area contributed by atoms with Crippen LogP contribution in [-0.2, 0) is 6.54 Å². The van der Waals surface area contributed by atoms with Crippen molar-refractivity contribution in [3.63, 3.8) is 0 Å². The Bertz CT molecular complexity index is 406. The molecule has 2 N–H and O–H groups in total. The molecule has 0 radical (unpaired) electrons. The maximum absolute atomic E-state index is 8.72. The van der Waals surface area contributed by atoms with E-state index in [-0.39, 0.29) is 6.61 Å². The highest BCUT2D eigenvalue weighted by molar-refractivity contribution is 7.12. The first kappa shape index (κ1) is 16.2. The summed E-state index contributed by atoms with van der Waals surface area (Å²) >= 11 is 1.72. The third-order valence-corrected chi connectivity index (χ3v) is 3.72. The van der Waals surface area contributed by atoms with Crippen LogP contribution in [0.4, 0.5) is 0 Å². The molecule has 4 heteroatoms. The highest BCUT2D eigenvalue weighted by Gasteiger charge is 2.03. The van der Waals surface area contributed by atoms with Crippen LogP contribution in [0.15, 0.2) is 12.1 Å². The first-order valence-electron chi connectivity index (χ1n) is 6.74. The van der Waals surface area contributed by atoms with Crippen molar-refractivity contribution in [2.75, 3.05) is 26.8 Å². The molecule has 0 aliphatic carbocycles. The largest absolute Gasteiger partial charge is 0.396 e. The van der Waals surface area contributed by atoms with Crippen molar-refractivity contribution in [2.45, 2.75) is 32.2 Å². The second kappa shape index (κ2) is 9.99. The highest BCUT2D eigenvalue weighted by Crippen LogP contribution is 2.17. The summed E-state index contributed by atoms with van der Waals surface area (Å²) < 4.78 is 0. The van der Waals surface area contributed by atoms with Crippen LogP contribution in [0.25, 0.3) is 0 Å². The summed E-state index contributed by atoms with van der Waals surface area (Å²) in [6.45, 7) is 2.43. The predicted octanol–water partition coefficient (Wildman–Crippen LogP) is 2.08. The van der Waals surface area contributed by atoms with Crippen LogP contribution >= 0.6 is 11.3 Å². The average molecular weight is 281 g/mol. The molecule has 0 amide bonds. The second-order valence-corrected chi connectivity index (χ2v) is 5.73. The van der Waals surface area contributed by atoms with Gasteiger partial charge in [0.2, 0.25) is 0 Å². The second-order valence-electron chi connectivity index (χ2n) is 4.56. The van der Waals surface area contributed by atoms with Gasteiger partial charge in [0, 0.05) is 24.4 Å². The molecule has 0 saturated carbocycles. The zero-order valence-corrected chi connectivity index (χ0v) is 12.4. The van der Waals surface area contributed by atoms with Crippen LogP contribution in [0.1, 0.15) is 35.4 Å². The van der Waals surface area contributed by atoms with Crippen LogP contribution < -0.4 is 0 Å². The summed E-state index contributed by atoms with van der Waals surface area (Å²) in [7, 11) is 2.12. The Balaban J connectivity index is 2.31. The zero-order chi connectivity index (χ0) is 13.9. The maximum Gasteiger partial charge on any atom is 0.0771 e. The van der Waals surface area contributed by atoms with Gasteiger partial charge in [-0.05, 0) is 45.0 Å². The van der Waals surface area contributed by atoms with Crippen molar-refractivity contribution in [3.05, 3.63) is 21.9 Å². The summed E-state index contributed by atoms with van der Waals surface area (Å²) in [5, 5.41) is 17.4. The van der Waals surface area contributed by atoms with Crippen LogP contribution in [-0.4, -0.2) is 41.9 Å². The summed E-state index contributed by atoms with van der Waals surface area (Å²) in [6, 6.07) is 4.17. The summed E-state index contributed by atoms with van der Waals surface area (Å²) in [6.07, 6.45) is 3.66. The Kier molecular flexibility index (Phi) is 8.52. The number of unbranched alkanes of at least 4 members (excludes halogenated alkanes) is 2. The van der Waals surface area contributed by atoms with E-state index in [9.17, 15) is 0 Å². The highest BCUT2D eigenvalue weighted by atomic mass is 32.1. The Labute approximate surface area is 119 Å². The van der Waals surface area contributed by atoms with Gasteiger partial charge in [-0.3, -0.25) is 0 Å². The van der Waals surface area contributed by atoms with Gasteiger partial charge in [0.15, 0.2) is 0 Å². The number of aliphatic hydroxyl groups excluding tert-OH is 2. The Hall–Kier alpha value is -0.860. The Morgan fingerprint density at radius 2 is 2.00 bits per heavy atom. The number of hydrogen-bond donors (Lipinski definition) is 2. The molecule has 1 aromatic heterocycles. The van der Waals surface area contributed by atoms with E-state index in [1.54, 1.807) is 11.3 Å². The third kappa shape index (κ3) is 7.34. The fourth-order valence-corrected chi connectivity index (χ4v) is 2.71. The number of rotatable bonds is 8. The fourth-order valence-electron chi connectivity index (χ4n) is 1.75. The van der Waals surface area contributed by atoms with E-state index in [0.717, 1.165) is 37.2 Å². The first-order valence-corrected chi connectivity index (χ1v) is 7.55. The van der Waals surface area contributed by atoms with Gasteiger partial charge in [0.05, 0.1) is 11.5 Å². The lowest BCUT2D eigenvalue weighted by Crippen LogP contribution is -2.18. The quantitative estimate of drug-likeness (QED) is 0.566. The molecule has 1 heterocycles. The molecule has 0 unspecified atom stereocenters. The van der Waals surface area contributed by atoms with Crippen LogP contribution in [0.5, 0.6) is 0 Å². The topological polar surface area (TPSA) is 43.7 Å². The lowest BCUT2D eigenvalue weighted by atomic mass is 10.2. The van der Waals surface area contributed by atoms with Crippen molar-refractivity contribution in [1.29, 1.82) is 0 Å². The Morgan fingerprint density at radius 1 is 1.16 bits per heavy atom. The van der Waals surface area contributed by atoms with Crippen molar-refractivity contribution >= 4 is 11.3 Å². The summed E-state index contributed by atoms with van der Waals surface area (Å²) in [5.74, 6) is 6.00. The van der Waals surface area contributed by atoms with E-state index in [1.807, 2.05) is 6.07 Å². The molecule has 1 aromatic rings. The lowest BCUT2D eigenvalue weighted by Gasteiger charge is -2.14. The van der Waals surface area contributed by atoms with Gasteiger partial charge in [0.1, 0.15) is 0 Å². The van der Waals surface area contributed by atoms with E-state index in [0.29, 0.717) is 13.0 Å². The Morgan fingerprint density at radius 3 is 2.74 bits per heavy atom. The molecule has 19 heavy (non-hydrogen) atoms. The minimum atomic E-state index is 0.127. The van der Waals surface area contributed by atoms with Gasteiger partial charge in [0.25, 0.3) is 0 Å². The van der Waals surface area contributed by atoms with Crippen molar-refractivity contribution in [1.82, 2.24) is 4.90 Å². The number of hydrogen-bond acceptors (Lipinski definition) is 4. The van der Waals surface area contributed by atoms with Crippen LogP contribution in [0.3, 0.4) is 0 Å². The van der Waals surface area contributed by atoms with E-state index >= 15 is 0 Å². The molecule has 0 aromatic carbocycles. The van der Waals surface area contributed by atoms with Crippen molar-refractivity contribution < 1.29 is 10.2 Å². The molecule has 1 rings (SSSR count). The zero-order valence-electron chi connectivity index (χ0n) is 11.6. The molecule has 0 fully saturated rings. The third-order valence-electron chi connectivity index (χ3n) is 2.73. The van der Waals surface area contributed by atoms with E-state index in [1.165, 1.54) is 4.88 Å². The minimum absolute atomic E-state index is 0.127. The molecule has 0 aliphatic rings. The standard InChI is InChI=1S/C15H23NO2S/c1-16(10-4-2-5-11-17)13-15-9-8-14(19-15)7-3-6-12-18/h8-9,17-18H,2,4-6,10-13H2,1H3. The summed E-state index contributed by atoms with van der Waals surface area (Å²) in [4.78, 5) is 4.68. The number of thiophene rings is 1. The predicted molar refractivity (Wildman–Crippen MR) is 80.2 cm³/mol. The van der Waals surface area contributed by atoms with Gasteiger partial charge >= 0.3 is 0 Å². The molecule has 0 saturated heterocycles. The summed E-state index contributed by atoms with van der Waals surface area (Å²) in [5.41, 5.74) is 0. The average Bonchev–Trinajstić information content (AvgIpc) is 2.83. The smallest absolute Gasteiger partial charge is 0.0771 e. The van der Waals surface area contributed by atoms with Crippen molar-refractivity contribution in [2.24, 2.45) is 0 Å². The van der Waals surface area contributed by atoms with E-state index in [4.69, 9.17) is 10.2 Å². The number of aliphatic hydroxyl groups is 2. The molecule has 0 atom stereocenters.